The van der Waals surface area contributed by atoms with Gasteiger partial charge in [0.05, 0.1) is 25.4 Å². The summed E-state index contributed by atoms with van der Waals surface area (Å²) in [5, 5.41) is 0. The zero-order valence-electron chi connectivity index (χ0n) is 17.5. The lowest BCUT2D eigenvalue weighted by atomic mass is 9.86. The van der Waals surface area contributed by atoms with E-state index in [9.17, 15) is 19.2 Å². The van der Waals surface area contributed by atoms with E-state index in [0.29, 0.717) is 10.4 Å². The predicted molar refractivity (Wildman–Crippen MR) is 111 cm³/mol. The molecule has 31 heavy (non-hydrogen) atoms. The summed E-state index contributed by atoms with van der Waals surface area (Å²) in [5.74, 6) is -3.77. The third kappa shape index (κ3) is 5.29. The van der Waals surface area contributed by atoms with Crippen LogP contribution in [0.25, 0.3) is 0 Å². The summed E-state index contributed by atoms with van der Waals surface area (Å²) < 4.78 is 20.4. The van der Waals surface area contributed by atoms with Gasteiger partial charge >= 0.3 is 23.9 Å². The lowest BCUT2D eigenvalue weighted by Crippen LogP contribution is -2.53. The molecule has 0 spiro atoms. The van der Waals surface area contributed by atoms with Crippen LogP contribution in [-0.2, 0) is 45.4 Å². The molecule has 166 valence electrons. The normalized spacial score (nSPS) is 10.8. The van der Waals surface area contributed by atoms with Crippen molar-refractivity contribution in [2.45, 2.75) is 32.8 Å². The third-order valence-electron chi connectivity index (χ3n) is 4.13. The van der Waals surface area contributed by atoms with E-state index in [4.69, 9.17) is 18.9 Å². The summed E-state index contributed by atoms with van der Waals surface area (Å²) in [6.07, 6.45) is 0. The summed E-state index contributed by atoms with van der Waals surface area (Å²) >= 11 is 0.960. The molecule has 9 heteroatoms. The number of rotatable bonds is 10. The highest BCUT2D eigenvalue weighted by Crippen LogP contribution is 2.35. The summed E-state index contributed by atoms with van der Waals surface area (Å²) in [6, 6.07) is 11.4. The van der Waals surface area contributed by atoms with Crippen molar-refractivity contribution in [1.29, 1.82) is 0 Å². The molecule has 0 fully saturated rings. The smallest absolute Gasteiger partial charge is 0.340 e. The molecule has 1 heterocycles. The second-order valence-electron chi connectivity index (χ2n) is 6.12. The number of hydrogen-bond donors (Lipinski definition) is 0. The molecule has 0 amide bonds. The van der Waals surface area contributed by atoms with Gasteiger partial charge < -0.3 is 18.9 Å². The number of benzene rings is 1. The van der Waals surface area contributed by atoms with Crippen molar-refractivity contribution < 1.29 is 38.1 Å². The van der Waals surface area contributed by atoms with Crippen LogP contribution in [0.4, 0.5) is 0 Å². The molecule has 0 radical (unpaired) electrons. The molecular weight excluding hydrogens is 424 g/mol. The number of carbonyl (C=O) groups excluding carboxylic acids is 4. The van der Waals surface area contributed by atoms with Gasteiger partial charge in [0.1, 0.15) is 6.61 Å². The molecule has 0 N–H and O–H groups in total. The molecule has 0 bridgehead atoms. The van der Waals surface area contributed by atoms with Crippen LogP contribution in [-0.4, -0.2) is 43.7 Å². The zero-order valence-corrected chi connectivity index (χ0v) is 18.4. The second-order valence-corrected chi connectivity index (χ2v) is 7.29. The van der Waals surface area contributed by atoms with E-state index in [0.717, 1.165) is 11.3 Å². The van der Waals surface area contributed by atoms with Crippen LogP contribution in [0.3, 0.4) is 0 Å². The van der Waals surface area contributed by atoms with Gasteiger partial charge in [-0.05, 0) is 45.0 Å². The summed E-state index contributed by atoms with van der Waals surface area (Å²) in [7, 11) is 0. The van der Waals surface area contributed by atoms with E-state index in [-0.39, 0.29) is 31.3 Å². The quantitative estimate of drug-likeness (QED) is 0.310. The van der Waals surface area contributed by atoms with E-state index < -0.39 is 29.3 Å². The molecule has 0 unspecified atom stereocenters. The maximum atomic E-state index is 12.9. The van der Waals surface area contributed by atoms with Crippen LogP contribution >= 0.6 is 11.3 Å². The highest BCUT2D eigenvalue weighted by atomic mass is 32.1. The number of esters is 4. The number of hydrogen-bond acceptors (Lipinski definition) is 9. The van der Waals surface area contributed by atoms with Crippen molar-refractivity contribution in [3.05, 3.63) is 57.8 Å². The van der Waals surface area contributed by atoms with Gasteiger partial charge in [0.15, 0.2) is 0 Å². The largest absolute Gasteiger partial charge is 0.464 e. The molecule has 0 aliphatic carbocycles. The first-order valence-corrected chi connectivity index (χ1v) is 10.6. The number of ether oxygens (including phenoxy) is 4. The fourth-order valence-corrected chi connectivity index (χ4v) is 3.80. The van der Waals surface area contributed by atoms with Crippen molar-refractivity contribution in [2.75, 3.05) is 19.8 Å². The third-order valence-corrected chi connectivity index (χ3v) is 5.31. The van der Waals surface area contributed by atoms with Crippen LogP contribution in [0.15, 0.2) is 42.5 Å². The Balaban J connectivity index is 2.36. The van der Waals surface area contributed by atoms with Crippen molar-refractivity contribution in [1.82, 2.24) is 0 Å². The van der Waals surface area contributed by atoms with Crippen LogP contribution in [0, 0.1) is 0 Å². The van der Waals surface area contributed by atoms with Crippen molar-refractivity contribution >= 4 is 35.2 Å². The molecule has 2 rings (SSSR count). The highest BCUT2D eigenvalue weighted by molar-refractivity contribution is 7.12. The van der Waals surface area contributed by atoms with Gasteiger partial charge in [-0.3, -0.25) is 0 Å². The van der Waals surface area contributed by atoms with Crippen LogP contribution < -0.4 is 0 Å². The molecule has 0 aliphatic heterocycles. The van der Waals surface area contributed by atoms with E-state index >= 15 is 0 Å². The Bertz CT molecular complexity index is 873. The Morgan fingerprint density at radius 2 is 1.26 bits per heavy atom. The first-order valence-electron chi connectivity index (χ1n) is 9.74. The maximum Gasteiger partial charge on any atom is 0.340 e. The van der Waals surface area contributed by atoms with Crippen molar-refractivity contribution in [2.24, 2.45) is 0 Å². The first-order chi connectivity index (χ1) is 14.9. The molecule has 8 nitrogen and oxygen atoms in total. The standard InChI is InChI=1S/C22H24O8S/c1-4-27-19(24)22(20(25)28-5-2,21(26)29-6-3)17-13-12-16(31-17)14-30-18(23)15-10-8-7-9-11-15/h7-13H,4-6,14H2,1-3H3. The van der Waals surface area contributed by atoms with Gasteiger partial charge in [-0.15, -0.1) is 11.3 Å². The minimum atomic E-state index is -2.41. The Kier molecular flexibility index (Phi) is 8.75. The van der Waals surface area contributed by atoms with Crippen molar-refractivity contribution in [3.8, 4) is 0 Å². The summed E-state index contributed by atoms with van der Waals surface area (Å²) in [5.41, 5.74) is -2.02. The first kappa shape index (κ1) is 24.1. The maximum absolute atomic E-state index is 12.9. The molecular formula is C22H24O8S. The van der Waals surface area contributed by atoms with Gasteiger partial charge in [0, 0.05) is 9.75 Å². The Hall–Kier alpha value is -3.20. The lowest BCUT2D eigenvalue weighted by molar-refractivity contribution is -0.175. The van der Waals surface area contributed by atoms with Crippen LogP contribution in [0.2, 0.25) is 0 Å². The zero-order chi connectivity index (χ0) is 22.9. The van der Waals surface area contributed by atoms with E-state index in [1.54, 1.807) is 57.2 Å². The van der Waals surface area contributed by atoms with E-state index in [1.807, 2.05) is 0 Å². The van der Waals surface area contributed by atoms with E-state index in [1.165, 1.54) is 6.07 Å². The van der Waals surface area contributed by atoms with Gasteiger partial charge in [0.2, 0.25) is 0 Å². The van der Waals surface area contributed by atoms with Gasteiger partial charge in [-0.2, -0.15) is 0 Å². The fraction of sp³-hybridized carbons (Fsp3) is 0.364. The molecule has 0 saturated heterocycles. The second kappa shape index (κ2) is 11.3. The molecule has 1 aromatic heterocycles. The Labute approximate surface area is 184 Å². The molecule has 1 aromatic carbocycles. The summed E-state index contributed by atoms with van der Waals surface area (Å²) in [4.78, 5) is 51.3. The van der Waals surface area contributed by atoms with E-state index in [2.05, 4.69) is 0 Å². The minimum Gasteiger partial charge on any atom is -0.464 e. The van der Waals surface area contributed by atoms with Crippen LogP contribution in [0.1, 0.15) is 40.9 Å². The SMILES string of the molecule is CCOC(=O)C(C(=O)OCC)(C(=O)OCC)c1ccc(COC(=O)c2ccccc2)s1. The number of carbonyl (C=O) groups is 4. The lowest BCUT2D eigenvalue weighted by Gasteiger charge is -2.26. The fourth-order valence-electron chi connectivity index (χ4n) is 2.72. The molecule has 0 aliphatic rings. The molecule has 0 saturated carbocycles. The average Bonchev–Trinajstić information content (AvgIpc) is 3.23. The van der Waals surface area contributed by atoms with Gasteiger partial charge in [-0.1, -0.05) is 18.2 Å². The average molecular weight is 448 g/mol. The Morgan fingerprint density at radius 3 is 1.74 bits per heavy atom. The molecule has 2 aromatic rings. The predicted octanol–water partition coefficient (Wildman–Crippen LogP) is 3.03. The van der Waals surface area contributed by atoms with Gasteiger partial charge in [-0.25, -0.2) is 19.2 Å². The summed E-state index contributed by atoms with van der Waals surface area (Å²) in [6.45, 7) is 4.42. The Morgan fingerprint density at radius 1 is 0.742 bits per heavy atom. The monoisotopic (exact) mass is 448 g/mol. The van der Waals surface area contributed by atoms with Crippen molar-refractivity contribution in [3.63, 3.8) is 0 Å². The highest BCUT2D eigenvalue weighted by Gasteiger charge is 2.60. The number of thiophene rings is 1. The molecule has 0 atom stereocenters. The topological polar surface area (TPSA) is 105 Å². The minimum absolute atomic E-state index is 0.0493. The van der Waals surface area contributed by atoms with Gasteiger partial charge in [0.25, 0.3) is 5.41 Å². The van der Waals surface area contributed by atoms with Crippen LogP contribution in [0.5, 0.6) is 0 Å².